The van der Waals surface area contributed by atoms with Crippen LogP contribution in [0.3, 0.4) is 0 Å². The van der Waals surface area contributed by atoms with Crippen LogP contribution < -0.4 is 9.47 Å². The number of carbonyl (C=O) groups is 3. The molecule has 0 saturated carbocycles. The highest BCUT2D eigenvalue weighted by Crippen LogP contribution is 2.33. The molecule has 2 heterocycles. The molecule has 0 aliphatic carbocycles. The lowest BCUT2D eigenvalue weighted by Crippen LogP contribution is -2.37. The second-order valence-corrected chi connectivity index (χ2v) is 8.17. The first kappa shape index (κ1) is 26.3. The van der Waals surface area contributed by atoms with E-state index in [0.29, 0.717) is 72.3 Å². The summed E-state index contributed by atoms with van der Waals surface area (Å²) < 4.78 is 23.2. The molecule has 3 rings (SSSR count). The van der Waals surface area contributed by atoms with Crippen LogP contribution in [0.4, 0.5) is 0 Å². The predicted octanol–water partition coefficient (Wildman–Crippen LogP) is 3.78. The Hall–Kier alpha value is -3.33. The number of esters is 1. The number of hydrogen-bond acceptors (Lipinski definition) is 7. The highest BCUT2D eigenvalue weighted by Gasteiger charge is 2.29. The van der Waals surface area contributed by atoms with Crippen LogP contribution in [0.5, 0.6) is 11.5 Å². The van der Waals surface area contributed by atoms with Crippen molar-refractivity contribution in [2.75, 3.05) is 39.7 Å². The van der Waals surface area contributed by atoms with Crippen LogP contribution in [0.25, 0.3) is 0 Å². The lowest BCUT2D eigenvalue weighted by atomic mass is 10.0. The van der Waals surface area contributed by atoms with Gasteiger partial charge < -0.3 is 28.4 Å². The van der Waals surface area contributed by atoms with Crippen LogP contribution in [-0.4, -0.2) is 66.8 Å². The third kappa shape index (κ3) is 5.67. The molecule has 0 atom stereocenters. The molecule has 190 valence electrons. The lowest BCUT2D eigenvalue weighted by Gasteiger charge is -2.22. The summed E-state index contributed by atoms with van der Waals surface area (Å²) in [4.78, 5) is 41.1. The number of rotatable bonds is 12. The van der Waals surface area contributed by atoms with Gasteiger partial charge >= 0.3 is 5.97 Å². The predicted molar refractivity (Wildman–Crippen MR) is 129 cm³/mol. The third-order valence-electron chi connectivity index (χ3n) is 5.99. The maximum atomic E-state index is 13.5. The normalized spacial score (nSPS) is 12.0. The van der Waals surface area contributed by atoms with Crippen molar-refractivity contribution in [2.45, 2.75) is 47.6 Å². The minimum Gasteiger partial charge on any atom is -0.461 e. The summed E-state index contributed by atoms with van der Waals surface area (Å²) in [7, 11) is 0. The average molecular weight is 487 g/mol. The molecular weight excluding hydrogens is 452 g/mol. The summed E-state index contributed by atoms with van der Waals surface area (Å²) in [5, 5.41) is 0. The molecule has 35 heavy (non-hydrogen) atoms. The molecule has 0 unspecified atom stereocenters. The van der Waals surface area contributed by atoms with Crippen molar-refractivity contribution in [2.24, 2.45) is 0 Å². The second-order valence-electron chi connectivity index (χ2n) is 8.17. The van der Waals surface area contributed by atoms with Crippen molar-refractivity contribution in [3.63, 3.8) is 0 Å². The van der Waals surface area contributed by atoms with Gasteiger partial charge in [0.05, 0.1) is 13.2 Å². The zero-order chi connectivity index (χ0) is 25.5. The second kappa shape index (κ2) is 11.9. The Bertz CT molecular complexity index is 1090. The number of ether oxygens (including phenoxy) is 4. The zero-order valence-electron chi connectivity index (χ0n) is 21.1. The Morgan fingerprint density at radius 1 is 1.06 bits per heavy atom. The Balaban J connectivity index is 1.89. The monoisotopic (exact) mass is 486 g/mol. The van der Waals surface area contributed by atoms with Crippen LogP contribution in [0.15, 0.2) is 18.2 Å². The number of aromatic nitrogens is 1. The van der Waals surface area contributed by atoms with Crippen LogP contribution in [-0.2, 0) is 16.0 Å². The summed E-state index contributed by atoms with van der Waals surface area (Å²) >= 11 is 0. The van der Waals surface area contributed by atoms with Crippen LogP contribution in [0.1, 0.15) is 69.7 Å². The quantitative estimate of drug-likeness (QED) is 0.256. The van der Waals surface area contributed by atoms with E-state index in [2.05, 4.69) is 0 Å². The summed E-state index contributed by atoms with van der Waals surface area (Å²) in [5.74, 6) is 0.104. The van der Waals surface area contributed by atoms with Gasteiger partial charge in [0.25, 0.3) is 5.91 Å². The summed E-state index contributed by atoms with van der Waals surface area (Å²) in [6.45, 7) is 11.3. The van der Waals surface area contributed by atoms with Gasteiger partial charge in [0.15, 0.2) is 17.3 Å². The van der Waals surface area contributed by atoms with E-state index < -0.39 is 5.97 Å². The van der Waals surface area contributed by atoms with Gasteiger partial charge in [-0.3, -0.25) is 9.59 Å². The first-order valence-electron chi connectivity index (χ1n) is 12.0. The van der Waals surface area contributed by atoms with Crippen molar-refractivity contribution in [3.8, 4) is 11.5 Å². The number of hydrogen-bond donors (Lipinski definition) is 0. The fraction of sp³-hybridized carbons (Fsp3) is 0.500. The van der Waals surface area contributed by atoms with E-state index in [1.54, 1.807) is 36.6 Å². The number of ketones is 1. The number of fused-ring (bicyclic) bond motifs is 1. The molecule has 0 radical (unpaired) electrons. The number of Topliss-reactive ketones (excluding diaryl/α,β-unsaturated/α-hetero) is 1. The van der Waals surface area contributed by atoms with Crippen LogP contribution in [0, 0.1) is 13.8 Å². The van der Waals surface area contributed by atoms with Gasteiger partial charge in [-0.25, -0.2) is 4.79 Å². The SMILES string of the molecule is CCOCCCN(CC(=O)c1c(C)c(C(=O)OCC)n(CC)c1C)C(=O)c1ccc2c(c1)OCO2. The smallest absolute Gasteiger partial charge is 0.355 e. The third-order valence-corrected chi connectivity index (χ3v) is 5.99. The van der Waals surface area contributed by atoms with Gasteiger partial charge in [0.1, 0.15) is 5.69 Å². The summed E-state index contributed by atoms with van der Waals surface area (Å²) in [6, 6.07) is 4.99. The molecule has 0 fully saturated rings. The zero-order valence-corrected chi connectivity index (χ0v) is 21.1. The topological polar surface area (TPSA) is 96.3 Å². The van der Waals surface area contributed by atoms with Gasteiger partial charge in [0.2, 0.25) is 6.79 Å². The van der Waals surface area contributed by atoms with Gasteiger partial charge in [-0.05, 0) is 64.8 Å². The van der Waals surface area contributed by atoms with E-state index in [0.717, 1.165) is 0 Å². The summed E-state index contributed by atoms with van der Waals surface area (Å²) in [5.41, 5.74) is 2.48. The first-order chi connectivity index (χ1) is 16.8. The van der Waals surface area contributed by atoms with Crippen molar-refractivity contribution in [1.29, 1.82) is 0 Å². The molecule has 0 spiro atoms. The van der Waals surface area contributed by atoms with E-state index >= 15 is 0 Å². The van der Waals surface area contributed by atoms with Crippen molar-refractivity contribution in [3.05, 3.63) is 46.3 Å². The largest absolute Gasteiger partial charge is 0.461 e. The molecule has 9 heteroatoms. The van der Waals surface area contributed by atoms with E-state index in [4.69, 9.17) is 18.9 Å². The maximum Gasteiger partial charge on any atom is 0.355 e. The minimum atomic E-state index is -0.459. The van der Waals surface area contributed by atoms with Crippen molar-refractivity contribution >= 4 is 17.7 Å². The minimum absolute atomic E-state index is 0.110. The van der Waals surface area contributed by atoms with Gasteiger partial charge in [-0.1, -0.05) is 0 Å². The molecule has 9 nitrogen and oxygen atoms in total. The van der Waals surface area contributed by atoms with Gasteiger partial charge in [-0.15, -0.1) is 0 Å². The molecule has 0 bridgehead atoms. The first-order valence-corrected chi connectivity index (χ1v) is 12.0. The fourth-order valence-corrected chi connectivity index (χ4v) is 4.38. The Morgan fingerprint density at radius 3 is 2.49 bits per heavy atom. The Kier molecular flexibility index (Phi) is 8.92. The fourth-order valence-electron chi connectivity index (χ4n) is 4.38. The number of benzene rings is 1. The van der Waals surface area contributed by atoms with E-state index in [1.165, 1.54) is 4.90 Å². The average Bonchev–Trinajstić information content (AvgIpc) is 3.41. The van der Waals surface area contributed by atoms with Crippen molar-refractivity contribution < 1.29 is 33.3 Å². The molecule has 1 aliphatic heterocycles. The molecule has 1 aliphatic rings. The number of carbonyl (C=O) groups excluding carboxylic acids is 3. The van der Waals surface area contributed by atoms with Crippen LogP contribution in [0.2, 0.25) is 0 Å². The standard InChI is InChI=1S/C26H34N2O7/c1-6-28-18(5)23(17(4)24(28)26(31)33-8-3)20(29)15-27(12-9-13-32-7-2)25(30)19-10-11-21-22(14-19)35-16-34-21/h10-11,14H,6-9,12-13,15-16H2,1-5H3. The van der Waals surface area contributed by atoms with E-state index in [9.17, 15) is 14.4 Å². The number of amides is 1. The molecule has 0 N–H and O–H groups in total. The summed E-state index contributed by atoms with van der Waals surface area (Å²) in [6.07, 6.45) is 0.583. The van der Waals surface area contributed by atoms with Gasteiger partial charge in [-0.2, -0.15) is 0 Å². The van der Waals surface area contributed by atoms with Gasteiger partial charge in [0, 0.05) is 43.1 Å². The van der Waals surface area contributed by atoms with Crippen LogP contribution >= 0.6 is 0 Å². The molecule has 1 amide bonds. The van der Waals surface area contributed by atoms with Crippen molar-refractivity contribution in [1.82, 2.24) is 9.47 Å². The molecule has 1 aromatic carbocycles. The number of nitrogens with zero attached hydrogens (tertiary/aromatic N) is 2. The lowest BCUT2D eigenvalue weighted by molar-refractivity contribution is 0.0512. The highest BCUT2D eigenvalue weighted by atomic mass is 16.7. The Morgan fingerprint density at radius 2 is 1.80 bits per heavy atom. The molecule has 0 saturated heterocycles. The Labute approximate surface area is 205 Å². The molecular formula is C26H34N2O7. The van der Waals surface area contributed by atoms with E-state index in [1.807, 2.05) is 20.8 Å². The molecule has 2 aromatic rings. The highest BCUT2D eigenvalue weighted by molar-refractivity contribution is 6.06. The maximum absolute atomic E-state index is 13.5. The van der Waals surface area contributed by atoms with E-state index in [-0.39, 0.29) is 31.6 Å². The molecule has 1 aromatic heterocycles.